The van der Waals surface area contributed by atoms with Crippen LogP contribution in [0.5, 0.6) is 5.75 Å². The third kappa shape index (κ3) is 2.66. The quantitative estimate of drug-likeness (QED) is 0.915. The average Bonchev–Trinajstić information content (AvgIpc) is 3.03. The van der Waals surface area contributed by atoms with E-state index in [1.54, 1.807) is 6.26 Å². The molecule has 3 nitrogen and oxygen atoms in total. The predicted octanol–water partition coefficient (Wildman–Crippen LogP) is 3.16. The Bertz CT molecular complexity index is 574. The van der Waals surface area contributed by atoms with E-state index in [0.717, 1.165) is 42.9 Å². The molecular weight excluding hydrogens is 238 g/mol. The minimum atomic E-state index is 0.0435. The Hall–Kier alpha value is -1.74. The van der Waals surface area contributed by atoms with Crippen LogP contribution in [0.15, 0.2) is 34.9 Å². The summed E-state index contributed by atoms with van der Waals surface area (Å²) >= 11 is 0. The molecule has 2 aromatic rings. The summed E-state index contributed by atoms with van der Waals surface area (Å²) in [7, 11) is 0. The topological polar surface area (TPSA) is 48.4 Å². The molecule has 2 N–H and O–H groups in total. The van der Waals surface area contributed by atoms with Crippen LogP contribution in [0.3, 0.4) is 0 Å². The van der Waals surface area contributed by atoms with Crippen LogP contribution in [0.25, 0.3) is 0 Å². The Labute approximate surface area is 113 Å². The standard InChI is InChI=1S/C16H19NO2/c1-11-8-14(10-19-11)15(17)4-2-12-3-5-16-13(9-12)6-7-18-16/h3,5,8-10,15H,2,4,6-7,17H2,1H3. The van der Waals surface area contributed by atoms with Crippen molar-refractivity contribution in [1.82, 2.24) is 0 Å². The lowest BCUT2D eigenvalue weighted by atomic mass is 10.00. The number of rotatable bonds is 4. The monoisotopic (exact) mass is 257 g/mol. The lowest BCUT2D eigenvalue weighted by Crippen LogP contribution is -2.10. The SMILES string of the molecule is Cc1cc(C(N)CCc2ccc3c(c2)CCO3)co1. The van der Waals surface area contributed by atoms with E-state index >= 15 is 0 Å². The second kappa shape index (κ2) is 5.10. The molecule has 1 aliphatic heterocycles. The molecule has 1 aliphatic rings. The first-order chi connectivity index (χ1) is 9.22. The van der Waals surface area contributed by atoms with Crippen molar-refractivity contribution in [3.05, 3.63) is 53.0 Å². The number of fused-ring (bicyclic) bond motifs is 1. The van der Waals surface area contributed by atoms with Crippen molar-refractivity contribution in [2.45, 2.75) is 32.2 Å². The first-order valence-electron chi connectivity index (χ1n) is 6.77. The summed E-state index contributed by atoms with van der Waals surface area (Å²) in [4.78, 5) is 0. The summed E-state index contributed by atoms with van der Waals surface area (Å²) in [5.74, 6) is 1.96. The minimum absolute atomic E-state index is 0.0435. The van der Waals surface area contributed by atoms with E-state index in [9.17, 15) is 0 Å². The van der Waals surface area contributed by atoms with Gasteiger partial charge in [0, 0.05) is 18.0 Å². The van der Waals surface area contributed by atoms with Gasteiger partial charge in [-0.2, -0.15) is 0 Å². The summed E-state index contributed by atoms with van der Waals surface area (Å²) in [6.07, 6.45) is 4.70. The fourth-order valence-electron chi connectivity index (χ4n) is 2.54. The average molecular weight is 257 g/mol. The van der Waals surface area contributed by atoms with Gasteiger partial charge in [0.15, 0.2) is 0 Å². The van der Waals surface area contributed by atoms with Crippen LogP contribution in [-0.2, 0) is 12.8 Å². The van der Waals surface area contributed by atoms with E-state index in [1.165, 1.54) is 11.1 Å². The fourth-order valence-corrected chi connectivity index (χ4v) is 2.54. The molecule has 0 bridgehead atoms. The van der Waals surface area contributed by atoms with Crippen molar-refractivity contribution in [2.75, 3.05) is 6.61 Å². The molecule has 0 aliphatic carbocycles. The van der Waals surface area contributed by atoms with Crippen molar-refractivity contribution in [1.29, 1.82) is 0 Å². The van der Waals surface area contributed by atoms with E-state index < -0.39 is 0 Å². The van der Waals surface area contributed by atoms with Gasteiger partial charge < -0.3 is 14.9 Å². The Morgan fingerprint density at radius 3 is 3.00 bits per heavy atom. The van der Waals surface area contributed by atoms with Crippen LogP contribution < -0.4 is 10.5 Å². The second-order valence-corrected chi connectivity index (χ2v) is 5.18. The van der Waals surface area contributed by atoms with Gasteiger partial charge in [-0.1, -0.05) is 12.1 Å². The zero-order valence-corrected chi connectivity index (χ0v) is 11.2. The van der Waals surface area contributed by atoms with Gasteiger partial charge in [-0.25, -0.2) is 0 Å². The molecule has 3 heteroatoms. The highest BCUT2D eigenvalue weighted by Crippen LogP contribution is 2.27. The van der Waals surface area contributed by atoms with E-state index in [2.05, 4.69) is 18.2 Å². The fraction of sp³-hybridized carbons (Fsp3) is 0.375. The highest BCUT2D eigenvalue weighted by Gasteiger charge is 2.13. The number of ether oxygens (including phenoxy) is 1. The highest BCUT2D eigenvalue weighted by molar-refractivity contribution is 5.39. The maximum atomic E-state index is 6.18. The van der Waals surface area contributed by atoms with Gasteiger partial charge in [0.2, 0.25) is 0 Å². The van der Waals surface area contributed by atoms with Crippen LogP contribution in [0.1, 0.15) is 34.9 Å². The number of benzene rings is 1. The van der Waals surface area contributed by atoms with Crippen molar-refractivity contribution < 1.29 is 9.15 Å². The molecule has 3 rings (SSSR count). The molecule has 1 aromatic heterocycles. The van der Waals surface area contributed by atoms with Crippen molar-refractivity contribution in [2.24, 2.45) is 5.73 Å². The Morgan fingerprint density at radius 2 is 2.21 bits per heavy atom. The molecular formula is C16H19NO2. The zero-order valence-electron chi connectivity index (χ0n) is 11.2. The van der Waals surface area contributed by atoms with Crippen LogP contribution in [0.2, 0.25) is 0 Å². The van der Waals surface area contributed by atoms with E-state index in [1.807, 2.05) is 13.0 Å². The lowest BCUT2D eigenvalue weighted by molar-refractivity contribution is 0.357. The molecule has 1 aromatic carbocycles. The number of nitrogens with two attached hydrogens (primary N) is 1. The molecule has 0 fully saturated rings. The normalized spacial score (nSPS) is 15.1. The molecule has 0 radical (unpaired) electrons. The van der Waals surface area contributed by atoms with Gasteiger partial charge in [0.1, 0.15) is 11.5 Å². The van der Waals surface area contributed by atoms with Crippen LogP contribution in [-0.4, -0.2) is 6.61 Å². The molecule has 19 heavy (non-hydrogen) atoms. The molecule has 2 heterocycles. The van der Waals surface area contributed by atoms with Crippen molar-refractivity contribution in [3.63, 3.8) is 0 Å². The van der Waals surface area contributed by atoms with Crippen LogP contribution >= 0.6 is 0 Å². The molecule has 1 atom stereocenters. The minimum Gasteiger partial charge on any atom is -0.493 e. The Balaban J connectivity index is 1.63. The third-order valence-corrected chi connectivity index (χ3v) is 3.68. The van der Waals surface area contributed by atoms with Gasteiger partial charge in [-0.05, 0) is 43.0 Å². The number of hydrogen-bond acceptors (Lipinski definition) is 3. The summed E-state index contributed by atoms with van der Waals surface area (Å²) in [5.41, 5.74) is 9.93. The summed E-state index contributed by atoms with van der Waals surface area (Å²) in [6.45, 7) is 2.75. The number of furan rings is 1. The maximum absolute atomic E-state index is 6.18. The van der Waals surface area contributed by atoms with Gasteiger partial charge in [-0.15, -0.1) is 0 Å². The molecule has 1 unspecified atom stereocenters. The zero-order chi connectivity index (χ0) is 13.2. The summed E-state index contributed by atoms with van der Waals surface area (Å²) in [6, 6.07) is 8.52. The van der Waals surface area contributed by atoms with Gasteiger partial charge in [0.05, 0.1) is 12.9 Å². The van der Waals surface area contributed by atoms with Gasteiger partial charge >= 0.3 is 0 Å². The maximum Gasteiger partial charge on any atom is 0.122 e. The first kappa shape index (κ1) is 12.3. The van der Waals surface area contributed by atoms with Gasteiger partial charge in [0.25, 0.3) is 0 Å². The van der Waals surface area contributed by atoms with Gasteiger partial charge in [-0.3, -0.25) is 0 Å². The number of hydrogen-bond donors (Lipinski definition) is 1. The first-order valence-corrected chi connectivity index (χ1v) is 6.77. The largest absolute Gasteiger partial charge is 0.493 e. The summed E-state index contributed by atoms with van der Waals surface area (Å²) in [5, 5.41) is 0. The van der Waals surface area contributed by atoms with E-state index in [0.29, 0.717) is 0 Å². The second-order valence-electron chi connectivity index (χ2n) is 5.18. The molecule has 0 amide bonds. The Morgan fingerprint density at radius 1 is 1.32 bits per heavy atom. The van der Waals surface area contributed by atoms with E-state index in [-0.39, 0.29) is 6.04 Å². The molecule has 0 saturated carbocycles. The van der Waals surface area contributed by atoms with E-state index in [4.69, 9.17) is 14.9 Å². The molecule has 0 saturated heterocycles. The third-order valence-electron chi connectivity index (χ3n) is 3.68. The van der Waals surface area contributed by atoms with Crippen LogP contribution in [0.4, 0.5) is 0 Å². The molecule has 0 spiro atoms. The predicted molar refractivity (Wildman–Crippen MR) is 74.3 cm³/mol. The Kier molecular flexibility index (Phi) is 3.30. The van der Waals surface area contributed by atoms with Crippen LogP contribution in [0, 0.1) is 6.92 Å². The van der Waals surface area contributed by atoms with Crippen molar-refractivity contribution >= 4 is 0 Å². The highest BCUT2D eigenvalue weighted by atomic mass is 16.5. The molecule has 100 valence electrons. The smallest absolute Gasteiger partial charge is 0.122 e. The summed E-state index contributed by atoms with van der Waals surface area (Å²) < 4.78 is 10.8. The van der Waals surface area contributed by atoms with Crippen molar-refractivity contribution in [3.8, 4) is 5.75 Å². The number of aryl methyl sites for hydroxylation is 2. The lowest BCUT2D eigenvalue weighted by Gasteiger charge is -2.10.